The van der Waals surface area contributed by atoms with Crippen LogP contribution < -0.4 is 30.5 Å². The minimum atomic E-state index is -0.368. The summed E-state index contributed by atoms with van der Waals surface area (Å²) in [6.45, 7) is 7.54. The van der Waals surface area contributed by atoms with E-state index in [0.29, 0.717) is 23.5 Å². The maximum atomic E-state index is 13.5. The number of methoxy groups -OCH3 is 1. The van der Waals surface area contributed by atoms with Crippen LogP contribution in [0.2, 0.25) is 0 Å². The largest absolute Gasteiger partial charge is 0.495 e. The highest BCUT2D eigenvalue weighted by molar-refractivity contribution is 6.04. The normalized spacial score (nSPS) is 15.7. The molecule has 0 spiro atoms. The number of hydrogen-bond donors (Lipinski definition) is 3. The Hall–Kier alpha value is -4.28. The summed E-state index contributed by atoms with van der Waals surface area (Å²) < 4.78 is 11.0. The molecule has 0 unspecified atom stereocenters. The molecule has 5 rings (SSSR count). The van der Waals surface area contributed by atoms with Crippen molar-refractivity contribution in [1.29, 1.82) is 0 Å². The molecule has 3 N–H and O–H groups in total. The smallest absolute Gasteiger partial charge is 0.323 e. The third-order valence-corrected chi connectivity index (χ3v) is 7.39. The van der Waals surface area contributed by atoms with Crippen LogP contribution in [-0.2, 0) is 4.74 Å². The van der Waals surface area contributed by atoms with E-state index < -0.39 is 0 Å². The number of morpholine rings is 1. The van der Waals surface area contributed by atoms with Crippen molar-refractivity contribution in [3.05, 3.63) is 78.4 Å². The molecule has 2 heterocycles. The molecular formula is C31H38N6O4. The maximum absolute atomic E-state index is 13.5. The molecular weight excluding hydrogens is 520 g/mol. The first-order valence-corrected chi connectivity index (χ1v) is 14.1. The fraction of sp³-hybridized carbons (Fsp3) is 0.355. The predicted molar refractivity (Wildman–Crippen MR) is 163 cm³/mol. The number of nitrogens with one attached hydrogen (secondary N) is 3. The van der Waals surface area contributed by atoms with E-state index in [-0.39, 0.29) is 11.9 Å². The van der Waals surface area contributed by atoms with Crippen molar-refractivity contribution < 1.29 is 19.1 Å². The Morgan fingerprint density at radius 1 is 0.780 bits per heavy atom. The van der Waals surface area contributed by atoms with Gasteiger partial charge >= 0.3 is 6.03 Å². The monoisotopic (exact) mass is 558 g/mol. The molecule has 2 saturated heterocycles. The molecule has 10 nitrogen and oxygen atoms in total. The van der Waals surface area contributed by atoms with Gasteiger partial charge in [-0.1, -0.05) is 30.3 Å². The number of carbonyl (C=O) groups is 2. The molecule has 2 fully saturated rings. The Morgan fingerprint density at radius 3 is 2.17 bits per heavy atom. The van der Waals surface area contributed by atoms with E-state index in [1.807, 2.05) is 60.7 Å². The van der Waals surface area contributed by atoms with Crippen molar-refractivity contribution in [2.75, 3.05) is 93.1 Å². The van der Waals surface area contributed by atoms with E-state index in [0.717, 1.165) is 76.2 Å². The molecule has 0 saturated carbocycles. The third kappa shape index (κ3) is 7.47. The molecule has 0 radical (unpaired) electrons. The zero-order valence-corrected chi connectivity index (χ0v) is 23.5. The number of piperazine rings is 1. The summed E-state index contributed by atoms with van der Waals surface area (Å²) in [6.07, 6.45) is 0. The topological polar surface area (TPSA) is 98.4 Å². The lowest BCUT2D eigenvalue weighted by molar-refractivity contribution is 0.0383. The fourth-order valence-corrected chi connectivity index (χ4v) is 5.21. The lowest BCUT2D eigenvalue weighted by Gasteiger charge is -2.38. The second kappa shape index (κ2) is 13.9. The minimum Gasteiger partial charge on any atom is -0.495 e. The Balaban J connectivity index is 1.29. The van der Waals surface area contributed by atoms with E-state index in [2.05, 4.69) is 36.7 Å². The SMILES string of the molecule is COc1ccccc1N1CCN(c2ccc(NC(=O)Nc3ccccc3)cc2C(=O)NCCN2CCOCC2)CC1. The molecule has 10 heteroatoms. The van der Waals surface area contributed by atoms with E-state index in [9.17, 15) is 9.59 Å². The van der Waals surface area contributed by atoms with Crippen LogP contribution in [0, 0.1) is 0 Å². The van der Waals surface area contributed by atoms with Crippen LogP contribution in [0.25, 0.3) is 0 Å². The lowest BCUT2D eigenvalue weighted by Crippen LogP contribution is -2.47. The van der Waals surface area contributed by atoms with E-state index in [1.165, 1.54) is 0 Å². The molecule has 0 bridgehead atoms. The maximum Gasteiger partial charge on any atom is 0.323 e. The van der Waals surface area contributed by atoms with Gasteiger partial charge in [-0.05, 0) is 42.5 Å². The summed E-state index contributed by atoms with van der Waals surface area (Å²) in [7, 11) is 1.69. The van der Waals surface area contributed by atoms with Gasteiger partial charge in [0.25, 0.3) is 5.91 Å². The average Bonchev–Trinajstić information content (AvgIpc) is 3.02. The highest BCUT2D eigenvalue weighted by atomic mass is 16.5. The van der Waals surface area contributed by atoms with Gasteiger partial charge in [-0.3, -0.25) is 9.69 Å². The van der Waals surface area contributed by atoms with Crippen molar-refractivity contribution >= 4 is 34.7 Å². The lowest BCUT2D eigenvalue weighted by atomic mass is 10.1. The number of nitrogens with zero attached hydrogens (tertiary/aromatic N) is 3. The van der Waals surface area contributed by atoms with Crippen LogP contribution in [0.1, 0.15) is 10.4 Å². The highest BCUT2D eigenvalue weighted by Gasteiger charge is 2.24. The Kier molecular flexibility index (Phi) is 9.56. The quantitative estimate of drug-likeness (QED) is 0.368. The van der Waals surface area contributed by atoms with Crippen LogP contribution in [-0.4, -0.2) is 89.5 Å². The molecule has 216 valence electrons. The molecule has 41 heavy (non-hydrogen) atoms. The Bertz CT molecular complexity index is 1310. The number of rotatable bonds is 9. The molecule has 3 aromatic rings. The van der Waals surface area contributed by atoms with Gasteiger partial charge in [0, 0.05) is 69.4 Å². The molecule has 0 aromatic heterocycles. The number of ether oxygens (including phenoxy) is 2. The Labute approximate surface area is 241 Å². The molecule has 0 aliphatic carbocycles. The van der Waals surface area contributed by atoms with Gasteiger partial charge in [-0.2, -0.15) is 0 Å². The standard InChI is InChI=1S/C31H38N6O4/c1-40-29-10-6-5-9-28(29)37-17-15-36(16-18-37)27-12-11-25(34-31(39)33-24-7-3-2-4-8-24)23-26(27)30(38)32-13-14-35-19-21-41-22-20-35/h2-12,23H,13-22H2,1H3,(H,32,38)(H2,33,34,39). The van der Waals surface area contributed by atoms with Crippen LogP contribution >= 0.6 is 0 Å². The van der Waals surface area contributed by atoms with Gasteiger partial charge in [0.15, 0.2) is 0 Å². The van der Waals surface area contributed by atoms with Crippen molar-refractivity contribution in [1.82, 2.24) is 10.2 Å². The summed E-state index contributed by atoms with van der Waals surface area (Å²) in [4.78, 5) is 33.0. The minimum absolute atomic E-state index is 0.160. The van der Waals surface area contributed by atoms with Crippen LogP contribution in [0.15, 0.2) is 72.8 Å². The van der Waals surface area contributed by atoms with Crippen LogP contribution in [0.3, 0.4) is 0 Å². The molecule has 3 aromatic carbocycles. The second-order valence-corrected chi connectivity index (χ2v) is 10.0. The van der Waals surface area contributed by atoms with E-state index in [4.69, 9.17) is 9.47 Å². The summed E-state index contributed by atoms with van der Waals surface area (Å²) in [5.41, 5.74) is 3.70. The van der Waals surface area contributed by atoms with Crippen LogP contribution in [0.5, 0.6) is 5.75 Å². The molecule has 3 amide bonds. The fourth-order valence-electron chi connectivity index (χ4n) is 5.21. The van der Waals surface area contributed by atoms with E-state index in [1.54, 1.807) is 13.2 Å². The van der Waals surface area contributed by atoms with Gasteiger partial charge in [0.2, 0.25) is 0 Å². The number of amides is 3. The van der Waals surface area contributed by atoms with E-state index >= 15 is 0 Å². The van der Waals surface area contributed by atoms with Gasteiger partial charge in [0.1, 0.15) is 5.75 Å². The highest BCUT2D eigenvalue weighted by Crippen LogP contribution is 2.31. The van der Waals surface area contributed by atoms with Gasteiger partial charge in [-0.15, -0.1) is 0 Å². The first-order valence-electron chi connectivity index (χ1n) is 14.1. The van der Waals surface area contributed by atoms with Gasteiger partial charge in [0.05, 0.1) is 31.6 Å². The number of para-hydroxylation sites is 3. The van der Waals surface area contributed by atoms with Crippen molar-refractivity contribution in [2.24, 2.45) is 0 Å². The number of anilines is 4. The van der Waals surface area contributed by atoms with Crippen molar-refractivity contribution in [3.63, 3.8) is 0 Å². The second-order valence-electron chi connectivity index (χ2n) is 10.0. The summed E-state index contributed by atoms with van der Waals surface area (Å²) in [5.74, 6) is 0.693. The number of benzene rings is 3. The zero-order valence-electron chi connectivity index (χ0n) is 23.5. The molecule has 0 atom stereocenters. The summed E-state index contributed by atoms with van der Waals surface area (Å²) in [6, 6.07) is 22.4. The van der Waals surface area contributed by atoms with Gasteiger partial charge < -0.3 is 35.2 Å². The first-order chi connectivity index (χ1) is 20.1. The van der Waals surface area contributed by atoms with Gasteiger partial charge in [-0.25, -0.2) is 4.79 Å². The number of hydrogen-bond acceptors (Lipinski definition) is 7. The van der Waals surface area contributed by atoms with Crippen molar-refractivity contribution in [2.45, 2.75) is 0 Å². The first kappa shape index (κ1) is 28.3. The zero-order chi connectivity index (χ0) is 28.4. The summed E-state index contributed by atoms with van der Waals surface area (Å²) in [5, 5.41) is 8.79. The molecule has 2 aliphatic heterocycles. The van der Waals surface area contributed by atoms with Crippen LogP contribution in [0.4, 0.5) is 27.5 Å². The summed E-state index contributed by atoms with van der Waals surface area (Å²) >= 11 is 0. The van der Waals surface area contributed by atoms with Crippen molar-refractivity contribution in [3.8, 4) is 5.75 Å². The third-order valence-electron chi connectivity index (χ3n) is 7.39. The Morgan fingerprint density at radius 2 is 1.44 bits per heavy atom. The molecule has 2 aliphatic rings. The average molecular weight is 559 g/mol. The number of carbonyl (C=O) groups excluding carboxylic acids is 2. The predicted octanol–water partition coefficient (Wildman–Crippen LogP) is 3.73. The number of urea groups is 1.